The van der Waals surface area contributed by atoms with E-state index in [1.54, 1.807) is 0 Å². The molecule has 0 aromatic heterocycles. The highest BCUT2D eigenvalue weighted by Gasteiger charge is 2.34. The molecule has 1 atom stereocenters. The Bertz CT molecular complexity index is 255. The van der Waals surface area contributed by atoms with Gasteiger partial charge in [-0.1, -0.05) is 6.92 Å². The van der Waals surface area contributed by atoms with Gasteiger partial charge in [-0.05, 0) is 33.2 Å². The van der Waals surface area contributed by atoms with Crippen LogP contribution < -0.4 is 5.32 Å². The van der Waals surface area contributed by atoms with Crippen LogP contribution >= 0.6 is 0 Å². The predicted molar refractivity (Wildman–Crippen MR) is 68.5 cm³/mol. The van der Waals surface area contributed by atoms with Crippen LogP contribution in [0.4, 0.5) is 0 Å². The molecule has 1 fully saturated rings. The Hall–Kier alpha value is -0.650. The molecule has 1 heterocycles. The van der Waals surface area contributed by atoms with Gasteiger partial charge in [-0.15, -0.1) is 0 Å². The maximum Gasteiger partial charge on any atom is 0.326 e. The summed E-state index contributed by atoms with van der Waals surface area (Å²) in [6.07, 6.45) is 1.79. The molecule has 1 aliphatic heterocycles. The molecule has 18 heavy (non-hydrogen) atoms. The highest BCUT2D eigenvalue weighted by molar-refractivity contribution is 5.80. The van der Waals surface area contributed by atoms with Crippen molar-refractivity contribution in [3.8, 4) is 0 Å². The smallest absolute Gasteiger partial charge is 0.326 e. The van der Waals surface area contributed by atoms with Crippen molar-refractivity contribution in [3.05, 3.63) is 0 Å². The van der Waals surface area contributed by atoms with Gasteiger partial charge in [-0.2, -0.15) is 0 Å². The fraction of sp³-hybridized carbons (Fsp3) is 0.923. The van der Waals surface area contributed by atoms with Crippen LogP contribution in [0.3, 0.4) is 0 Å². The number of carbonyl (C=O) groups excluding carboxylic acids is 1. The third-order valence-electron chi connectivity index (χ3n) is 3.05. The molecule has 1 unspecified atom stereocenters. The number of rotatable bonds is 9. The summed E-state index contributed by atoms with van der Waals surface area (Å²) in [6, 6.07) is 0. The average Bonchev–Trinajstić information content (AvgIpc) is 2.30. The van der Waals surface area contributed by atoms with Gasteiger partial charge in [0.15, 0.2) is 0 Å². The molecule has 106 valence electrons. The van der Waals surface area contributed by atoms with Crippen molar-refractivity contribution in [1.82, 2.24) is 5.32 Å². The summed E-state index contributed by atoms with van der Waals surface area (Å²) in [5.41, 5.74) is -0.656. The SMILES string of the molecule is CCCNC(C)(CCOC1COC1)C(=O)OCC. The molecule has 0 spiro atoms. The van der Waals surface area contributed by atoms with Gasteiger partial charge in [-0.25, -0.2) is 0 Å². The van der Waals surface area contributed by atoms with Gasteiger partial charge in [0.05, 0.1) is 19.8 Å². The molecule has 0 bridgehead atoms. The van der Waals surface area contributed by atoms with Crippen molar-refractivity contribution in [3.63, 3.8) is 0 Å². The molecular weight excluding hydrogens is 234 g/mol. The maximum atomic E-state index is 12.0. The summed E-state index contributed by atoms with van der Waals surface area (Å²) in [5.74, 6) is -0.202. The van der Waals surface area contributed by atoms with Crippen LogP contribution in [0.1, 0.15) is 33.6 Å². The largest absolute Gasteiger partial charge is 0.465 e. The fourth-order valence-electron chi connectivity index (χ4n) is 1.69. The first-order valence-corrected chi connectivity index (χ1v) is 6.74. The summed E-state index contributed by atoms with van der Waals surface area (Å²) >= 11 is 0. The van der Waals surface area contributed by atoms with Gasteiger partial charge >= 0.3 is 5.97 Å². The lowest BCUT2D eigenvalue weighted by Crippen LogP contribution is -2.52. The first kappa shape index (κ1) is 15.4. The topological polar surface area (TPSA) is 56.8 Å². The van der Waals surface area contributed by atoms with E-state index in [1.165, 1.54) is 0 Å². The van der Waals surface area contributed by atoms with E-state index in [-0.39, 0.29) is 12.1 Å². The van der Waals surface area contributed by atoms with Gasteiger partial charge in [0.1, 0.15) is 11.6 Å². The maximum absolute atomic E-state index is 12.0. The van der Waals surface area contributed by atoms with Gasteiger partial charge in [-0.3, -0.25) is 4.79 Å². The molecule has 5 nitrogen and oxygen atoms in total. The van der Waals surface area contributed by atoms with E-state index in [0.717, 1.165) is 13.0 Å². The summed E-state index contributed by atoms with van der Waals surface area (Å²) in [6.45, 7) is 8.83. The first-order chi connectivity index (χ1) is 8.62. The van der Waals surface area contributed by atoms with Gasteiger partial charge < -0.3 is 19.5 Å². The quantitative estimate of drug-likeness (QED) is 0.629. The van der Waals surface area contributed by atoms with Gasteiger partial charge in [0.25, 0.3) is 0 Å². The number of hydrogen-bond donors (Lipinski definition) is 1. The molecule has 1 rings (SSSR count). The Morgan fingerprint density at radius 3 is 2.67 bits per heavy atom. The molecule has 0 amide bonds. The predicted octanol–water partition coefficient (Wildman–Crippen LogP) is 1.11. The minimum Gasteiger partial charge on any atom is -0.465 e. The minimum absolute atomic E-state index is 0.197. The summed E-state index contributed by atoms with van der Waals surface area (Å²) in [7, 11) is 0. The summed E-state index contributed by atoms with van der Waals surface area (Å²) in [4.78, 5) is 12.0. The normalized spacial score (nSPS) is 19.1. The Labute approximate surface area is 109 Å². The van der Waals surface area contributed by atoms with Crippen LogP contribution in [-0.2, 0) is 19.0 Å². The van der Waals surface area contributed by atoms with E-state index in [1.807, 2.05) is 13.8 Å². The molecule has 1 aliphatic rings. The summed E-state index contributed by atoms with van der Waals surface area (Å²) < 4.78 is 15.8. The third kappa shape index (κ3) is 4.55. The fourth-order valence-corrected chi connectivity index (χ4v) is 1.69. The zero-order chi connectivity index (χ0) is 13.4. The standard InChI is InChI=1S/C13H25NO4/c1-4-7-14-13(3,12(15)17-5-2)6-8-18-11-9-16-10-11/h11,14H,4-10H2,1-3H3. The summed E-state index contributed by atoms with van der Waals surface area (Å²) in [5, 5.41) is 3.25. The Balaban J connectivity index is 2.38. The molecule has 0 aromatic rings. The molecule has 0 aliphatic carbocycles. The lowest BCUT2D eigenvalue weighted by atomic mass is 9.98. The molecule has 0 radical (unpaired) electrons. The number of carbonyl (C=O) groups is 1. The highest BCUT2D eigenvalue weighted by atomic mass is 16.6. The second-order valence-electron chi connectivity index (χ2n) is 4.76. The molecule has 0 saturated carbocycles. The molecular formula is C13H25NO4. The lowest BCUT2D eigenvalue weighted by Gasteiger charge is -2.31. The number of nitrogens with one attached hydrogen (secondary N) is 1. The van der Waals surface area contributed by atoms with E-state index < -0.39 is 5.54 Å². The van der Waals surface area contributed by atoms with E-state index in [9.17, 15) is 4.79 Å². The Morgan fingerprint density at radius 1 is 1.44 bits per heavy atom. The molecule has 5 heteroatoms. The zero-order valence-electron chi connectivity index (χ0n) is 11.7. The first-order valence-electron chi connectivity index (χ1n) is 6.74. The van der Waals surface area contributed by atoms with Gasteiger partial charge in [0, 0.05) is 6.61 Å². The van der Waals surface area contributed by atoms with Crippen molar-refractivity contribution in [2.75, 3.05) is 33.0 Å². The number of ether oxygens (including phenoxy) is 3. The Kier molecular flexibility index (Phi) is 6.60. The zero-order valence-corrected chi connectivity index (χ0v) is 11.7. The lowest BCUT2D eigenvalue weighted by molar-refractivity contribution is -0.154. The molecule has 1 saturated heterocycles. The van der Waals surface area contributed by atoms with Crippen molar-refractivity contribution >= 4 is 5.97 Å². The third-order valence-corrected chi connectivity index (χ3v) is 3.05. The minimum atomic E-state index is -0.656. The van der Waals surface area contributed by atoms with Crippen LogP contribution in [-0.4, -0.2) is 50.6 Å². The molecule has 1 N–H and O–H groups in total. The van der Waals surface area contributed by atoms with Crippen LogP contribution in [0.15, 0.2) is 0 Å². The highest BCUT2D eigenvalue weighted by Crippen LogP contribution is 2.15. The van der Waals surface area contributed by atoms with Crippen molar-refractivity contribution in [1.29, 1.82) is 0 Å². The molecule has 0 aromatic carbocycles. The average molecular weight is 259 g/mol. The van der Waals surface area contributed by atoms with E-state index in [0.29, 0.717) is 32.8 Å². The van der Waals surface area contributed by atoms with E-state index in [2.05, 4.69) is 12.2 Å². The van der Waals surface area contributed by atoms with Crippen LogP contribution in [0.5, 0.6) is 0 Å². The van der Waals surface area contributed by atoms with Gasteiger partial charge in [0.2, 0.25) is 0 Å². The van der Waals surface area contributed by atoms with E-state index in [4.69, 9.17) is 14.2 Å². The van der Waals surface area contributed by atoms with Crippen LogP contribution in [0, 0.1) is 0 Å². The van der Waals surface area contributed by atoms with Crippen molar-refractivity contribution in [2.45, 2.75) is 45.3 Å². The van der Waals surface area contributed by atoms with E-state index >= 15 is 0 Å². The Morgan fingerprint density at radius 2 is 2.17 bits per heavy atom. The second kappa shape index (κ2) is 7.71. The second-order valence-corrected chi connectivity index (χ2v) is 4.76. The van der Waals surface area contributed by atoms with Crippen molar-refractivity contribution < 1.29 is 19.0 Å². The monoisotopic (exact) mass is 259 g/mol. The van der Waals surface area contributed by atoms with Crippen LogP contribution in [0.2, 0.25) is 0 Å². The van der Waals surface area contributed by atoms with Crippen molar-refractivity contribution in [2.24, 2.45) is 0 Å². The number of hydrogen-bond acceptors (Lipinski definition) is 5. The number of esters is 1. The van der Waals surface area contributed by atoms with Crippen LogP contribution in [0.25, 0.3) is 0 Å².